The Morgan fingerprint density at radius 1 is 1.17 bits per heavy atom. The lowest BCUT2D eigenvalue weighted by molar-refractivity contribution is -0.138. The topological polar surface area (TPSA) is 74.7 Å². The Morgan fingerprint density at radius 3 is 2.17 bits per heavy atom. The van der Waals surface area contributed by atoms with E-state index in [1.807, 2.05) is 0 Å². The van der Waals surface area contributed by atoms with Crippen molar-refractivity contribution < 1.29 is 22.7 Å². The third kappa shape index (κ3) is 4.46. The van der Waals surface area contributed by atoms with Crippen molar-refractivity contribution in [2.45, 2.75) is 12.5 Å². The predicted octanol–water partition coefficient (Wildman–Crippen LogP) is 2.94. The van der Waals surface area contributed by atoms with Crippen molar-refractivity contribution in [1.82, 2.24) is 0 Å². The molecular weight excluding hydrogens is 357 g/mol. The number of anilines is 1. The second-order valence-corrected chi connectivity index (χ2v) is 7.52. The molecule has 0 unspecified atom stereocenters. The Morgan fingerprint density at radius 2 is 1.71 bits per heavy atom. The van der Waals surface area contributed by atoms with Crippen LogP contribution in [0, 0.1) is 5.82 Å². The molecule has 128 valence electrons. The van der Waals surface area contributed by atoms with Gasteiger partial charge in [-0.05, 0) is 42.0 Å². The Kier molecular flexibility index (Phi) is 5.46. The number of aliphatic carboxylic acids is 1. The van der Waals surface area contributed by atoms with E-state index in [1.54, 1.807) is 24.3 Å². The van der Waals surface area contributed by atoms with E-state index in [4.69, 9.17) is 11.6 Å². The molecule has 0 heterocycles. The molecule has 2 aromatic carbocycles. The molecule has 0 aliphatic heterocycles. The molecule has 1 atom stereocenters. The number of rotatable bonds is 6. The molecule has 0 bridgehead atoms. The molecule has 1 N–H and O–H groups in total. The fourth-order valence-electron chi connectivity index (χ4n) is 2.30. The highest BCUT2D eigenvalue weighted by Crippen LogP contribution is 2.24. The van der Waals surface area contributed by atoms with Crippen LogP contribution >= 0.6 is 11.6 Å². The Labute approximate surface area is 144 Å². The molecule has 24 heavy (non-hydrogen) atoms. The lowest BCUT2D eigenvalue weighted by Crippen LogP contribution is -2.46. The highest BCUT2D eigenvalue weighted by atomic mass is 35.5. The average molecular weight is 372 g/mol. The summed E-state index contributed by atoms with van der Waals surface area (Å²) in [5.41, 5.74) is 0.697. The summed E-state index contributed by atoms with van der Waals surface area (Å²) >= 11 is 5.80. The third-order valence-corrected chi connectivity index (χ3v) is 4.78. The molecular formula is C16H15ClFNO4S. The van der Waals surface area contributed by atoms with Crippen molar-refractivity contribution in [3.8, 4) is 0 Å². The second-order valence-electron chi connectivity index (χ2n) is 5.22. The fraction of sp³-hybridized carbons (Fsp3) is 0.188. The second kappa shape index (κ2) is 7.19. The van der Waals surface area contributed by atoms with Gasteiger partial charge in [0.05, 0.1) is 11.9 Å². The first-order valence-electron chi connectivity index (χ1n) is 6.90. The lowest BCUT2D eigenvalue weighted by atomic mass is 10.1. The highest BCUT2D eigenvalue weighted by molar-refractivity contribution is 7.92. The fourth-order valence-corrected chi connectivity index (χ4v) is 3.56. The van der Waals surface area contributed by atoms with Crippen molar-refractivity contribution >= 4 is 33.3 Å². The minimum atomic E-state index is -3.90. The zero-order valence-corrected chi connectivity index (χ0v) is 14.3. The van der Waals surface area contributed by atoms with Crippen LogP contribution in [0.25, 0.3) is 0 Å². The third-order valence-electron chi connectivity index (χ3n) is 3.35. The molecule has 0 fully saturated rings. The van der Waals surface area contributed by atoms with Crippen LogP contribution < -0.4 is 4.31 Å². The lowest BCUT2D eigenvalue weighted by Gasteiger charge is -2.29. The number of sulfonamides is 1. The van der Waals surface area contributed by atoms with Gasteiger partial charge in [0.15, 0.2) is 0 Å². The van der Waals surface area contributed by atoms with Crippen LogP contribution in [-0.4, -0.2) is 31.8 Å². The van der Waals surface area contributed by atoms with E-state index in [9.17, 15) is 22.7 Å². The van der Waals surface area contributed by atoms with E-state index in [0.717, 1.165) is 22.7 Å². The maximum absolute atomic E-state index is 13.1. The van der Waals surface area contributed by atoms with Gasteiger partial charge in [0.25, 0.3) is 0 Å². The molecule has 0 radical (unpaired) electrons. The zero-order valence-electron chi connectivity index (χ0n) is 12.7. The molecule has 2 aromatic rings. The van der Waals surface area contributed by atoms with Gasteiger partial charge in [-0.25, -0.2) is 17.6 Å². The van der Waals surface area contributed by atoms with Gasteiger partial charge in [0.1, 0.15) is 11.9 Å². The average Bonchev–Trinajstić information content (AvgIpc) is 2.49. The first-order chi connectivity index (χ1) is 11.2. The summed E-state index contributed by atoms with van der Waals surface area (Å²) in [5.74, 6) is -1.85. The normalized spacial score (nSPS) is 12.6. The summed E-state index contributed by atoms with van der Waals surface area (Å²) in [4.78, 5) is 11.7. The number of hydrogen-bond acceptors (Lipinski definition) is 3. The van der Waals surface area contributed by atoms with Crippen LogP contribution in [0.3, 0.4) is 0 Å². The van der Waals surface area contributed by atoms with Crippen molar-refractivity contribution in [3.63, 3.8) is 0 Å². The van der Waals surface area contributed by atoms with Crippen LogP contribution in [0.4, 0.5) is 10.1 Å². The van der Waals surface area contributed by atoms with Crippen LogP contribution in [0.15, 0.2) is 48.5 Å². The van der Waals surface area contributed by atoms with Gasteiger partial charge in [-0.15, -0.1) is 0 Å². The summed E-state index contributed by atoms with van der Waals surface area (Å²) in [7, 11) is -3.90. The molecule has 0 spiro atoms. The van der Waals surface area contributed by atoms with Crippen LogP contribution in [0.2, 0.25) is 5.02 Å². The maximum Gasteiger partial charge on any atom is 0.327 e. The Hall–Kier alpha value is -2.12. The van der Waals surface area contributed by atoms with Crippen LogP contribution in [-0.2, 0) is 21.2 Å². The summed E-state index contributed by atoms with van der Waals surface area (Å²) in [5, 5.41) is 10.0. The van der Waals surface area contributed by atoms with Gasteiger partial charge in [0, 0.05) is 11.4 Å². The number of benzene rings is 2. The number of nitrogens with zero attached hydrogens (tertiary/aromatic N) is 1. The van der Waals surface area contributed by atoms with E-state index >= 15 is 0 Å². The van der Waals surface area contributed by atoms with E-state index in [0.29, 0.717) is 10.6 Å². The van der Waals surface area contributed by atoms with Gasteiger partial charge in [0.2, 0.25) is 10.0 Å². The first kappa shape index (κ1) is 18.2. The molecule has 0 aliphatic carbocycles. The molecule has 2 rings (SSSR count). The van der Waals surface area contributed by atoms with E-state index < -0.39 is 27.9 Å². The Bertz CT molecular complexity index is 822. The van der Waals surface area contributed by atoms with Crippen LogP contribution in [0.5, 0.6) is 0 Å². The monoisotopic (exact) mass is 371 g/mol. The largest absolute Gasteiger partial charge is 0.480 e. The van der Waals surface area contributed by atoms with Gasteiger partial charge in [-0.2, -0.15) is 0 Å². The zero-order chi connectivity index (χ0) is 17.9. The number of carboxylic acids is 1. The number of hydrogen-bond donors (Lipinski definition) is 1. The highest BCUT2D eigenvalue weighted by Gasteiger charge is 2.32. The molecule has 0 amide bonds. The molecule has 0 aliphatic rings. The van der Waals surface area contributed by atoms with Gasteiger partial charge >= 0.3 is 5.97 Å². The maximum atomic E-state index is 13.1. The number of halogens is 2. The number of carboxylic acid groups (broad SMARTS) is 1. The van der Waals surface area contributed by atoms with E-state index in [1.165, 1.54) is 12.1 Å². The number of carbonyl (C=O) groups is 1. The summed E-state index contributed by atoms with van der Waals surface area (Å²) in [6, 6.07) is 9.70. The summed E-state index contributed by atoms with van der Waals surface area (Å²) < 4.78 is 38.2. The van der Waals surface area contributed by atoms with E-state index in [2.05, 4.69) is 0 Å². The van der Waals surface area contributed by atoms with Gasteiger partial charge in [-0.3, -0.25) is 4.31 Å². The standard InChI is InChI=1S/C16H15ClFNO4S/c1-24(22,23)19(14-8-6-13(18)7-9-14)15(16(20)21)10-11-2-4-12(17)5-3-11/h2-9,15H,10H2,1H3,(H,20,21)/t15-/m1/s1. The van der Waals surface area contributed by atoms with E-state index in [-0.39, 0.29) is 12.1 Å². The smallest absolute Gasteiger partial charge is 0.327 e. The molecule has 0 aromatic heterocycles. The summed E-state index contributed by atoms with van der Waals surface area (Å²) in [6.07, 6.45) is 0.852. The molecule has 5 nitrogen and oxygen atoms in total. The molecule has 0 saturated heterocycles. The first-order valence-corrected chi connectivity index (χ1v) is 9.13. The van der Waals surface area contributed by atoms with Crippen molar-refractivity contribution in [1.29, 1.82) is 0 Å². The minimum absolute atomic E-state index is 0.0586. The summed E-state index contributed by atoms with van der Waals surface area (Å²) in [6.45, 7) is 0. The predicted molar refractivity (Wildman–Crippen MR) is 90.3 cm³/mol. The van der Waals surface area contributed by atoms with Crippen molar-refractivity contribution in [2.24, 2.45) is 0 Å². The van der Waals surface area contributed by atoms with Crippen molar-refractivity contribution in [3.05, 3.63) is 64.9 Å². The SMILES string of the molecule is CS(=O)(=O)N(c1ccc(F)cc1)[C@H](Cc1ccc(Cl)cc1)C(=O)O. The molecule has 8 heteroatoms. The quantitative estimate of drug-likeness (QED) is 0.847. The van der Waals surface area contributed by atoms with Gasteiger partial charge < -0.3 is 5.11 Å². The minimum Gasteiger partial charge on any atom is -0.480 e. The molecule has 0 saturated carbocycles. The van der Waals surface area contributed by atoms with Crippen molar-refractivity contribution in [2.75, 3.05) is 10.6 Å². The van der Waals surface area contributed by atoms with Crippen LogP contribution in [0.1, 0.15) is 5.56 Å². The van der Waals surface area contributed by atoms with Gasteiger partial charge in [-0.1, -0.05) is 23.7 Å². The Balaban J connectivity index is 2.45.